The summed E-state index contributed by atoms with van der Waals surface area (Å²) in [6, 6.07) is 5.14. The first kappa shape index (κ1) is 20.2. The molecule has 8 nitrogen and oxygen atoms in total. The number of anilines is 3. The third kappa shape index (κ3) is 5.07. The zero-order valence-electron chi connectivity index (χ0n) is 16.9. The van der Waals surface area contributed by atoms with Gasteiger partial charge in [-0.1, -0.05) is 0 Å². The third-order valence-corrected chi connectivity index (χ3v) is 3.91. The van der Waals surface area contributed by atoms with Gasteiger partial charge in [-0.25, -0.2) is 29.3 Å². The van der Waals surface area contributed by atoms with Crippen molar-refractivity contribution in [3.8, 4) is 11.3 Å². The molecule has 0 atom stereocenters. The van der Waals surface area contributed by atoms with Crippen LogP contribution in [0.4, 0.5) is 21.7 Å². The lowest BCUT2D eigenvalue weighted by molar-refractivity contribution is -0.114. The molecule has 3 heterocycles. The molecule has 0 saturated heterocycles. The van der Waals surface area contributed by atoms with Crippen molar-refractivity contribution in [2.45, 2.75) is 40.3 Å². The maximum absolute atomic E-state index is 14.4. The Morgan fingerprint density at radius 2 is 1.83 bits per heavy atom. The Bertz CT molecular complexity index is 1060. The number of carbonyl (C=O) groups is 1. The minimum absolute atomic E-state index is 0.0792. The normalized spacial score (nSPS) is 11.2. The van der Waals surface area contributed by atoms with Crippen molar-refractivity contribution in [2.75, 3.05) is 10.6 Å². The number of amides is 1. The number of rotatable bonds is 5. The van der Waals surface area contributed by atoms with E-state index in [-0.39, 0.29) is 11.7 Å². The Morgan fingerprint density at radius 3 is 2.48 bits per heavy atom. The van der Waals surface area contributed by atoms with E-state index in [0.717, 1.165) is 0 Å². The fourth-order valence-electron chi connectivity index (χ4n) is 2.65. The average Bonchev–Trinajstić information content (AvgIpc) is 2.60. The number of aromatic nitrogens is 5. The summed E-state index contributed by atoms with van der Waals surface area (Å²) in [6.07, 6.45) is 3.26. The molecule has 3 aromatic rings. The van der Waals surface area contributed by atoms with Crippen LogP contribution in [0.5, 0.6) is 0 Å². The Hall–Kier alpha value is -3.49. The van der Waals surface area contributed by atoms with Crippen molar-refractivity contribution >= 4 is 23.2 Å². The molecule has 2 N–H and O–H groups in total. The summed E-state index contributed by atoms with van der Waals surface area (Å²) in [6.45, 7) is 7.77. The van der Waals surface area contributed by atoms with Gasteiger partial charge in [0, 0.05) is 42.7 Å². The lowest BCUT2D eigenvalue weighted by atomic mass is 10.1. The molecule has 0 aromatic carbocycles. The molecular weight excluding hydrogens is 373 g/mol. The summed E-state index contributed by atoms with van der Waals surface area (Å²) in [5.41, 5.74) is 0.872. The smallest absolute Gasteiger partial charge is 0.222 e. The summed E-state index contributed by atoms with van der Waals surface area (Å²) >= 11 is 0. The van der Waals surface area contributed by atoms with Crippen LogP contribution in [-0.4, -0.2) is 30.8 Å². The molecule has 0 bridgehead atoms. The number of aryl methyl sites for hydroxylation is 2. The minimum Gasteiger partial charge on any atom is -0.339 e. The van der Waals surface area contributed by atoms with Gasteiger partial charge >= 0.3 is 0 Å². The molecule has 1 amide bonds. The van der Waals surface area contributed by atoms with Crippen LogP contribution >= 0.6 is 0 Å². The van der Waals surface area contributed by atoms with Crippen LogP contribution in [0.1, 0.15) is 38.1 Å². The van der Waals surface area contributed by atoms with E-state index in [1.54, 1.807) is 44.4 Å². The number of carbonyl (C=O) groups excluding carboxylic acids is 1. The van der Waals surface area contributed by atoms with Crippen molar-refractivity contribution in [1.82, 2.24) is 24.9 Å². The molecule has 3 rings (SSSR count). The molecule has 0 aliphatic carbocycles. The molecule has 0 spiro atoms. The fourth-order valence-corrected chi connectivity index (χ4v) is 2.65. The lowest BCUT2D eigenvalue weighted by Crippen LogP contribution is -2.16. The quantitative estimate of drug-likeness (QED) is 0.676. The van der Waals surface area contributed by atoms with Crippen LogP contribution < -0.4 is 10.6 Å². The number of pyridine rings is 1. The molecule has 0 fully saturated rings. The van der Waals surface area contributed by atoms with Gasteiger partial charge in [-0.05, 0) is 33.8 Å². The number of hydrogen-bond donors (Lipinski definition) is 2. The molecule has 0 unspecified atom stereocenters. The van der Waals surface area contributed by atoms with Crippen LogP contribution in [0.15, 0.2) is 30.6 Å². The Kier molecular flexibility index (Phi) is 5.49. The predicted octanol–water partition coefficient (Wildman–Crippen LogP) is 3.85. The molecule has 29 heavy (non-hydrogen) atoms. The zero-order valence-corrected chi connectivity index (χ0v) is 16.9. The highest BCUT2D eigenvalue weighted by atomic mass is 19.1. The van der Waals surface area contributed by atoms with Crippen molar-refractivity contribution in [3.63, 3.8) is 0 Å². The molecule has 0 saturated carbocycles. The maximum Gasteiger partial charge on any atom is 0.222 e. The van der Waals surface area contributed by atoms with Gasteiger partial charge in [-0.3, -0.25) is 4.79 Å². The summed E-state index contributed by atoms with van der Waals surface area (Å²) in [4.78, 5) is 32.7. The number of nitrogens with zero attached hydrogens (tertiary/aromatic N) is 5. The number of halogens is 1. The molecule has 3 aromatic heterocycles. The maximum atomic E-state index is 14.4. The molecule has 9 heteroatoms. The monoisotopic (exact) mass is 395 g/mol. The number of nitrogens with one attached hydrogen (secondary N) is 2. The second-order valence-electron chi connectivity index (χ2n) is 7.10. The van der Waals surface area contributed by atoms with Crippen LogP contribution in [-0.2, 0) is 10.5 Å². The van der Waals surface area contributed by atoms with E-state index >= 15 is 0 Å². The molecule has 0 aliphatic heterocycles. The fraction of sp³-hybridized carbons (Fsp3) is 0.300. The van der Waals surface area contributed by atoms with E-state index in [9.17, 15) is 9.18 Å². The van der Waals surface area contributed by atoms with Gasteiger partial charge in [-0.15, -0.1) is 0 Å². The summed E-state index contributed by atoms with van der Waals surface area (Å²) < 4.78 is 14.4. The predicted molar refractivity (Wildman–Crippen MR) is 108 cm³/mol. The van der Waals surface area contributed by atoms with E-state index < -0.39 is 5.67 Å². The standard InChI is InChI=1S/C20H22FN7O/c1-11-8-18(28-19(24-11)20(4,5)21)27-16-9-17(26-13(3)29)23-10-14(16)15-6-7-22-12(2)25-15/h6-10H,1-5H3,(H2,23,24,26,27,28,29). The summed E-state index contributed by atoms with van der Waals surface area (Å²) in [5, 5.41) is 5.84. The van der Waals surface area contributed by atoms with E-state index in [2.05, 4.69) is 35.6 Å². The second kappa shape index (κ2) is 7.86. The average molecular weight is 395 g/mol. The summed E-state index contributed by atoms with van der Waals surface area (Å²) in [7, 11) is 0. The summed E-state index contributed by atoms with van der Waals surface area (Å²) in [5.74, 6) is 1.24. The first-order valence-electron chi connectivity index (χ1n) is 9.01. The van der Waals surface area contributed by atoms with E-state index in [4.69, 9.17) is 0 Å². The Morgan fingerprint density at radius 1 is 1.07 bits per heavy atom. The first-order valence-corrected chi connectivity index (χ1v) is 9.01. The van der Waals surface area contributed by atoms with Crippen LogP contribution in [0.25, 0.3) is 11.3 Å². The van der Waals surface area contributed by atoms with Gasteiger partial charge < -0.3 is 10.6 Å². The highest BCUT2D eigenvalue weighted by molar-refractivity contribution is 5.89. The SMILES string of the molecule is CC(=O)Nc1cc(Nc2cc(C)nc(C(C)(C)F)n2)c(-c2ccnc(C)n2)cn1. The van der Waals surface area contributed by atoms with Crippen LogP contribution in [0.2, 0.25) is 0 Å². The zero-order chi connectivity index (χ0) is 21.2. The van der Waals surface area contributed by atoms with E-state index in [1.165, 1.54) is 20.8 Å². The van der Waals surface area contributed by atoms with Gasteiger partial charge in [0.05, 0.1) is 11.4 Å². The van der Waals surface area contributed by atoms with Gasteiger partial charge in [0.15, 0.2) is 11.5 Å². The highest BCUT2D eigenvalue weighted by Gasteiger charge is 2.23. The van der Waals surface area contributed by atoms with Crippen molar-refractivity contribution in [2.24, 2.45) is 0 Å². The largest absolute Gasteiger partial charge is 0.339 e. The number of hydrogen-bond acceptors (Lipinski definition) is 7. The lowest BCUT2D eigenvalue weighted by Gasteiger charge is -2.17. The van der Waals surface area contributed by atoms with Gasteiger partial charge in [0.1, 0.15) is 17.5 Å². The minimum atomic E-state index is -1.69. The highest BCUT2D eigenvalue weighted by Crippen LogP contribution is 2.31. The Labute approximate surface area is 168 Å². The third-order valence-electron chi connectivity index (χ3n) is 3.91. The number of alkyl halides is 1. The molecule has 0 aliphatic rings. The topological polar surface area (TPSA) is 106 Å². The molecule has 0 radical (unpaired) electrons. The molecule has 150 valence electrons. The van der Waals surface area contributed by atoms with Crippen LogP contribution in [0, 0.1) is 13.8 Å². The van der Waals surface area contributed by atoms with Crippen molar-refractivity contribution in [3.05, 3.63) is 47.9 Å². The van der Waals surface area contributed by atoms with Gasteiger partial charge in [-0.2, -0.15) is 0 Å². The van der Waals surface area contributed by atoms with Gasteiger partial charge in [0.2, 0.25) is 5.91 Å². The van der Waals surface area contributed by atoms with Crippen molar-refractivity contribution < 1.29 is 9.18 Å². The second-order valence-corrected chi connectivity index (χ2v) is 7.10. The van der Waals surface area contributed by atoms with E-state index in [0.29, 0.717) is 40.1 Å². The molecular formula is C20H22FN7O. The van der Waals surface area contributed by atoms with Crippen LogP contribution in [0.3, 0.4) is 0 Å². The van der Waals surface area contributed by atoms with Gasteiger partial charge in [0.25, 0.3) is 0 Å². The van der Waals surface area contributed by atoms with Crippen molar-refractivity contribution in [1.29, 1.82) is 0 Å². The van der Waals surface area contributed by atoms with E-state index in [1.807, 2.05) is 0 Å². The first-order chi connectivity index (χ1) is 13.6. The Balaban J connectivity index is 2.09.